The smallest absolute Gasteiger partial charge is 0.170 e. The van der Waals surface area contributed by atoms with Crippen LogP contribution in [0.2, 0.25) is 5.02 Å². The number of rotatable bonds is 6. The van der Waals surface area contributed by atoms with Crippen molar-refractivity contribution in [1.29, 1.82) is 0 Å². The number of nitrogens with one attached hydrogen (secondary N) is 2. The first-order valence-corrected chi connectivity index (χ1v) is 9.09. The molecule has 0 aliphatic carbocycles. The lowest BCUT2D eigenvalue weighted by molar-refractivity contribution is 0.400. The van der Waals surface area contributed by atoms with Crippen LogP contribution in [-0.4, -0.2) is 50.3 Å². The van der Waals surface area contributed by atoms with Crippen LogP contribution in [-0.2, 0) is 0 Å². The van der Waals surface area contributed by atoms with Crippen LogP contribution in [0.5, 0.6) is 0 Å². The largest absolute Gasteiger partial charge is 0.370 e. The van der Waals surface area contributed by atoms with E-state index >= 15 is 0 Å². The fourth-order valence-electron chi connectivity index (χ4n) is 2.78. The Morgan fingerprint density at radius 3 is 2.70 bits per heavy atom. The Morgan fingerprint density at radius 2 is 2.00 bits per heavy atom. The van der Waals surface area contributed by atoms with Gasteiger partial charge in [-0.3, -0.25) is 0 Å². The van der Waals surface area contributed by atoms with Gasteiger partial charge in [-0.25, -0.2) is 0 Å². The summed E-state index contributed by atoms with van der Waals surface area (Å²) in [6, 6.07) is 5.99. The second-order valence-electron chi connectivity index (χ2n) is 6.25. The van der Waals surface area contributed by atoms with Crippen LogP contribution in [0, 0.1) is 0 Å². The Hall–Kier alpha value is -1.04. The van der Waals surface area contributed by atoms with Gasteiger partial charge in [0.15, 0.2) is 5.11 Å². The van der Waals surface area contributed by atoms with Crippen molar-refractivity contribution >= 4 is 40.3 Å². The molecular weight excluding hydrogens is 328 g/mol. The van der Waals surface area contributed by atoms with Gasteiger partial charge in [0.25, 0.3) is 0 Å². The Balaban J connectivity index is 1.94. The molecule has 0 bridgehead atoms. The Morgan fingerprint density at radius 1 is 1.26 bits per heavy atom. The number of benzene rings is 1. The average Bonchev–Trinajstić information content (AvgIpc) is 2.52. The molecule has 6 heteroatoms. The molecule has 128 valence electrons. The second-order valence-corrected chi connectivity index (χ2v) is 7.09. The lowest BCUT2D eigenvalue weighted by Gasteiger charge is -2.31. The topological polar surface area (TPSA) is 30.5 Å². The Kier molecular flexibility index (Phi) is 7.40. The van der Waals surface area contributed by atoms with Crippen LogP contribution in [0.25, 0.3) is 0 Å². The Bertz CT molecular complexity index is 515. The molecule has 0 amide bonds. The molecule has 1 aliphatic rings. The highest BCUT2D eigenvalue weighted by atomic mass is 35.5. The van der Waals surface area contributed by atoms with Crippen molar-refractivity contribution in [3.8, 4) is 0 Å². The van der Waals surface area contributed by atoms with Crippen LogP contribution < -0.4 is 15.5 Å². The van der Waals surface area contributed by atoms with Gasteiger partial charge in [0.05, 0.1) is 11.4 Å². The quantitative estimate of drug-likeness (QED) is 0.602. The van der Waals surface area contributed by atoms with E-state index in [1.54, 1.807) is 0 Å². The van der Waals surface area contributed by atoms with Crippen molar-refractivity contribution in [3.05, 3.63) is 23.2 Å². The summed E-state index contributed by atoms with van der Waals surface area (Å²) in [5.41, 5.74) is 2.18. The molecule has 0 unspecified atom stereocenters. The van der Waals surface area contributed by atoms with Gasteiger partial charge in [-0.2, -0.15) is 0 Å². The summed E-state index contributed by atoms with van der Waals surface area (Å²) >= 11 is 11.6. The molecule has 23 heavy (non-hydrogen) atoms. The summed E-state index contributed by atoms with van der Waals surface area (Å²) in [7, 11) is 4.15. The summed E-state index contributed by atoms with van der Waals surface area (Å²) in [6.45, 7) is 4.11. The first kappa shape index (κ1) is 18.3. The molecule has 1 saturated heterocycles. The van der Waals surface area contributed by atoms with Gasteiger partial charge in [-0.1, -0.05) is 11.6 Å². The standard InChI is InChI=1S/C17H27ClN4S/c1-21(2)10-6-9-19-17(23)20-15-13-14(18)7-8-16(15)22-11-4-3-5-12-22/h7-8,13H,3-6,9-12H2,1-2H3,(H2,19,20,23). The van der Waals surface area contributed by atoms with Crippen LogP contribution in [0.3, 0.4) is 0 Å². The third-order valence-corrected chi connectivity index (χ3v) is 4.45. The molecule has 1 aliphatic heterocycles. The van der Waals surface area contributed by atoms with E-state index in [4.69, 9.17) is 23.8 Å². The summed E-state index contributed by atoms with van der Waals surface area (Å²) < 4.78 is 0. The molecule has 4 nitrogen and oxygen atoms in total. The molecule has 1 aromatic rings. The van der Waals surface area contributed by atoms with Gasteiger partial charge in [-0.15, -0.1) is 0 Å². The van der Waals surface area contributed by atoms with E-state index in [1.165, 1.54) is 24.9 Å². The normalized spacial score (nSPS) is 14.9. The molecule has 2 N–H and O–H groups in total. The van der Waals surface area contributed by atoms with Crippen molar-refractivity contribution in [1.82, 2.24) is 10.2 Å². The first-order chi connectivity index (χ1) is 11.1. The van der Waals surface area contributed by atoms with Gasteiger partial charge >= 0.3 is 0 Å². The zero-order chi connectivity index (χ0) is 16.7. The lowest BCUT2D eigenvalue weighted by Crippen LogP contribution is -2.33. The van der Waals surface area contributed by atoms with Crippen molar-refractivity contribution in [2.45, 2.75) is 25.7 Å². The Labute approximate surface area is 150 Å². The molecule has 1 aromatic carbocycles. The summed E-state index contributed by atoms with van der Waals surface area (Å²) in [5, 5.41) is 7.97. The maximum Gasteiger partial charge on any atom is 0.170 e. The number of anilines is 2. The molecular formula is C17H27ClN4S. The van der Waals surface area contributed by atoms with E-state index < -0.39 is 0 Å². The van der Waals surface area contributed by atoms with Crippen LogP contribution in [0.1, 0.15) is 25.7 Å². The van der Waals surface area contributed by atoms with Gasteiger partial charge < -0.3 is 20.4 Å². The maximum absolute atomic E-state index is 6.17. The summed E-state index contributed by atoms with van der Waals surface area (Å²) in [5.74, 6) is 0. The third-order valence-electron chi connectivity index (χ3n) is 3.97. The minimum atomic E-state index is 0.657. The van der Waals surface area contributed by atoms with E-state index in [0.29, 0.717) is 5.11 Å². The average molecular weight is 355 g/mol. The first-order valence-electron chi connectivity index (χ1n) is 8.30. The van der Waals surface area contributed by atoms with Crippen molar-refractivity contribution in [2.24, 2.45) is 0 Å². The molecule has 0 atom stereocenters. The van der Waals surface area contributed by atoms with Gasteiger partial charge in [-0.05, 0) is 76.7 Å². The lowest BCUT2D eigenvalue weighted by atomic mass is 10.1. The van der Waals surface area contributed by atoms with Crippen LogP contribution in [0.15, 0.2) is 18.2 Å². The van der Waals surface area contributed by atoms with Crippen LogP contribution in [0.4, 0.5) is 11.4 Å². The summed E-state index contributed by atoms with van der Waals surface area (Å²) in [4.78, 5) is 4.58. The van der Waals surface area contributed by atoms with Crippen molar-refractivity contribution < 1.29 is 0 Å². The van der Waals surface area contributed by atoms with E-state index in [0.717, 1.165) is 43.3 Å². The predicted octanol–water partition coefficient (Wildman–Crippen LogP) is 3.57. The zero-order valence-corrected chi connectivity index (χ0v) is 15.6. The fourth-order valence-corrected chi connectivity index (χ4v) is 3.17. The highest BCUT2D eigenvalue weighted by Gasteiger charge is 2.15. The zero-order valence-electron chi connectivity index (χ0n) is 14.1. The highest BCUT2D eigenvalue weighted by molar-refractivity contribution is 7.80. The number of thiocarbonyl (C=S) groups is 1. The number of halogens is 1. The molecule has 0 aromatic heterocycles. The molecule has 0 saturated carbocycles. The molecule has 0 spiro atoms. The number of nitrogens with zero attached hydrogens (tertiary/aromatic N) is 2. The van der Waals surface area contributed by atoms with Crippen molar-refractivity contribution in [2.75, 3.05) is 50.5 Å². The number of hydrogen-bond acceptors (Lipinski definition) is 3. The fraction of sp³-hybridized carbons (Fsp3) is 0.588. The summed E-state index contributed by atoms with van der Waals surface area (Å²) in [6.07, 6.45) is 4.87. The molecule has 2 rings (SSSR count). The highest BCUT2D eigenvalue weighted by Crippen LogP contribution is 2.31. The van der Waals surface area contributed by atoms with Gasteiger partial charge in [0.2, 0.25) is 0 Å². The molecule has 0 radical (unpaired) electrons. The minimum Gasteiger partial charge on any atom is -0.370 e. The molecule has 1 fully saturated rings. The van der Waals surface area contributed by atoms with E-state index in [1.807, 2.05) is 12.1 Å². The van der Waals surface area contributed by atoms with E-state index in [9.17, 15) is 0 Å². The number of piperidine rings is 1. The van der Waals surface area contributed by atoms with E-state index in [-0.39, 0.29) is 0 Å². The number of hydrogen-bond donors (Lipinski definition) is 2. The van der Waals surface area contributed by atoms with Gasteiger partial charge in [0.1, 0.15) is 0 Å². The van der Waals surface area contributed by atoms with Gasteiger partial charge in [0, 0.05) is 24.7 Å². The molecule has 1 heterocycles. The minimum absolute atomic E-state index is 0.657. The maximum atomic E-state index is 6.17. The SMILES string of the molecule is CN(C)CCCNC(=S)Nc1cc(Cl)ccc1N1CCCCC1. The second kappa shape index (κ2) is 9.30. The van der Waals surface area contributed by atoms with Crippen molar-refractivity contribution in [3.63, 3.8) is 0 Å². The monoisotopic (exact) mass is 354 g/mol. The predicted molar refractivity (Wildman–Crippen MR) is 105 cm³/mol. The third kappa shape index (κ3) is 6.16. The van der Waals surface area contributed by atoms with E-state index in [2.05, 4.69) is 40.6 Å². The van der Waals surface area contributed by atoms with Crippen LogP contribution >= 0.6 is 23.8 Å².